The van der Waals surface area contributed by atoms with E-state index in [0.717, 1.165) is 56.8 Å². The first-order valence-corrected chi connectivity index (χ1v) is 17.1. The van der Waals surface area contributed by atoms with E-state index in [-0.39, 0.29) is 23.8 Å². The third kappa shape index (κ3) is 6.20. The van der Waals surface area contributed by atoms with Crippen LogP contribution >= 0.6 is 11.3 Å². The van der Waals surface area contributed by atoms with Gasteiger partial charge in [-0.1, -0.05) is 30.3 Å². The fraction of sp³-hybridized carbons (Fsp3) is 0.333. The van der Waals surface area contributed by atoms with Crippen LogP contribution in [0.15, 0.2) is 54.9 Å². The number of carbonyl (C=O) groups is 2. The number of aryl methyl sites for hydroxylation is 2. The van der Waals surface area contributed by atoms with Crippen LogP contribution in [0.25, 0.3) is 32.7 Å². The van der Waals surface area contributed by atoms with E-state index in [4.69, 9.17) is 20.4 Å². The molecule has 12 heteroatoms. The Morgan fingerprint density at radius 2 is 1.81 bits per heavy atom. The van der Waals surface area contributed by atoms with Gasteiger partial charge in [0.1, 0.15) is 0 Å². The molecule has 2 amide bonds. The van der Waals surface area contributed by atoms with Crippen LogP contribution in [0.3, 0.4) is 0 Å². The molecule has 11 nitrogen and oxygen atoms in total. The molecule has 0 saturated carbocycles. The zero-order valence-corrected chi connectivity index (χ0v) is 28.1. The van der Waals surface area contributed by atoms with Gasteiger partial charge >= 0.3 is 0 Å². The number of carbonyl (C=O) groups excluding carboxylic acids is 2. The summed E-state index contributed by atoms with van der Waals surface area (Å²) in [6.07, 6.45) is 5.82. The number of nitrogen functional groups attached to an aromatic ring is 1. The fourth-order valence-corrected chi connectivity index (χ4v) is 7.76. The zero-order chi connectivity index (χ0) is 33.4. The monoisotopic (exact) mass is 662 g/mol. The molecule has 0 aliphatic carbocycles. The van der Waals surface area contributed by atoms with Gasteiger partial charge in [0, 0.05) is 50.7 Å². The molecule has 5 heterocycles. The molecule has 1 atom stereocenters. The summed E-state index contributed by atoms with van der Waals surface area (Å²) in [5.41, 5.74) is 13.5. The summed E-state index contributed by atoms with van der Waals surface area (Å²) in [7, 11) is 0. The van der Waals surface area contributed by atoms with Crippen molar-refractivity contribution in [2.45, 2.75) is 46.1 Å². The summed E-state index contributed by atoms with van der Waals surface area (Å²) in [6, 6.07) is 15.0. The molecule has 0 spiro atoms. The minimum absolute atomic E-state index is 0.0783. The Kier molecular flexibility index (Phi) is 8.76. The molecule has 48 heavy (non-hydrogen) atoms. The van der Waals surface area contributed by atoms with Crippen molar-refractivity contribution >= 4 is 50.8 Å². The highest BCUT2D eigenvalue weighted by molar-refractivity contribution is 7.21. The summed E-state index contributed by atoms with van der Waals surface area (Å²) in [6.45, 7) is 8.77. The normalized spacial score (nSPS) is 16.2. The Labute approximate surface area is 283 Å². The number of nitrogens with one attached hydrogen (secondary N) is 1. The van der Waals surface area contributed by atoms with Crippen LogP contribution in [0, 0.1) is 6.92 Å². The fourth-order valence-electron chi connectivity index (χ4n) is 6.58. The number of rotatable bonds is 7. The second kappa shape index (κ2) is 13.3. The van der Waals surface area contributed by atoms with Crippen LogP contribution in [-0.4, -0.2) is 70.6 Å². The predicted octanol–water partition coefficient (Wildman–Crippen LogP) is 5.20. The number of nitrogens with zero attached hydrogens (tertiary/aromatic N) is 6. The summed E-state index contributed by atoms with van der Waals surface area (Å²) < 4.78 is 6.46. The molecular weight excluding hydrogens is 625 g/mol. The molecule has 7 rings (SSSR count). The average Bonchev–Trinajstić information content (AvgIpc) is 3.44. The van der Waals surface area contributed by atoms with Crippen LogP contribution in [0.2, 0.25) is 0 Å². The van der Waals surface area contributed by atoms with E-state index in [0.29, 0.717) is 55.5 Å². The molecule has 1 saturated heterocycles. The van der Waals surface area contributed by atoms with E-state index >= 15 is 0 Å². The van der Waals surface area contributed by atoms with Gasteiger partial charge in [0.25, 0.3) is 5.91 Å². The Bertz CT molecular complexity index is 2010. The molecule has 2 aliphatic heterocycles. The van der Waals surface area contributed by atoms with Crippen LogP contribution < -0.4 is 20.9 Å². The lowest BCUT2D eigenvalue weighted by atomic mass is 9.92. The molecular formula is C36H38N8O3S. The zero-order valence-electron chi connectivity index (χ0n) is 27.3. The number of hydrogen-bond donors (Lipinski definition) is 2. The first kappa shape index (κ1) is 31.6. The van der Waals surface area contributed by atoms with Gasteiger partial charge in [-0.3, -0.25) is 9.59 Å². The maximum Gasteiger partial charge on any atom is 0.261 e. The van der Waals surface area contributed by atoms with Crippen molar-refractivity contribution in [1.29, 1.82) is 0 Å². The summed E-state index contributed by atoms with van der Waals surface area (Å²) in [5, 5.41) is 3.14. The van der Waals surface area contributed by atoms with E-state index < -0.39 is 0 Å². The topological polar surface area (TPSA) is 139 Å². The van der Waals surface area contributed by atoms with Crippen molar-refractivity contribution in [1.82, 2.24) is 25.3 Å². The van der Waals surface area contributed by atoms with Gasteiger partial charge in [-0.25, -0.2) is 19.9 Å². The van der Waals surface area contributed by atoms with Gasteiger partial charge in [0.2, 0.25) is 11.9 Å². The highest BCUT2D eigenvalue weighted by atomic mass is 32.1. The third-order valence-corrected chi connectivity index (χ3v) is 10.4. The lowest BCUT2D eigenvalue weighted by Gasteiger charge is -2.34. The van der Waals surface area contributed by atoms with Crippen LogP contribution in [-0.2, 0) is 22.4 Å². The number of fused-ring (bicyclic) bond motifs is 2. The quantitative estimate of drug-likeness (QED) is 0.241. The lowest BCUT2D eigenvalue weighted by Crippen LogP contribution is -2.40. The van der Waals surface area contributed by atoms with Crippen molar-refractivity contribution in [3.8, 4) is 22.5 Å². The average molecular weight is 663 g/mol. The van der Waals surface area contributed by atoms with Crippen LogP contribution in [0.5, 0.6) is 0 Å². The Hall–Kier alpha value is -4.94. The van der Waals surface area contributed by atoms with Crippen molar-refractivity contribution in [3.63, 3.8) is 0 Å². The number of nitrogens with two attached hydrogens (primary N) is 1. The SMILES string of the molecule is CC(=O)N1c2ccc(-c3cccc(CCNC(=O)c4sc5c(N6CCOCC6)nc(-c6cnc(N)nc6)nc5c4C)c3)cc2CC[C@@H]1C. The van der Waals surface area contributed by atoms with E-state index in [1.807, 2.05) is 11.8 Å². The number of aromatic nitrogens is 4. The van der Waals surface area contributed by atoms with E-state index in [1.54, 1.807) is 19.3 Å². The minimum atomic E-state index is -0.129. The number of ether oxygens (including phenoxy) is 1. The van der Waals surface area contributed by atoms with Crippen LogP contribution in [0.1, 0.15) is 46.6 Å². The van der Waals surface area contributed by atoms with Crippen LogP contribution in [0.4, 0.5) is 17.5 Å². The molecule has 5 aromatic rings. The molecule has 2 aromatic carbocycles. The third-order valence-electron chi connectivity index (χ3n) is 9.10. The minimum Gasteiger partial charge on any atom is -0.378 e. The standard InChI is InChI=1S/C36H38N8O3S/c1-21-7-8-27-18-26(9-10-29(27)44(21)23(3)45)25-6-4-5-24(17-25)11-12-38-35(46)31-22(2)30-32(48-31)34(43-13-15-47-16-14-43)42-33(41-30)28-19-39-36(37)40-20-28/h4-6,9-10,17-21H,7-8,11-16H2,1-3H3,(H,38,46)(H2,37,39,40)/t21-/m0/s1. The number of thiophene rings is 1. The van der Waals surface area contributed by atoms with Crippen molar-refractivity contribution in [2.24, 2.45) is 0 Å². The summed E-state index contributed by atoms with van der Waals surface area (Å²) >= 11 is 1.42. The van der Waals surface area contributed by atoms with Gasteiger partial charge in [0.05, 0.1) is 33.9 Å². The maximum atomic E-state index is 13.6. The maximum absolute atomic E-state index is 13.6. The second-order valence-electron chi connectivity index (χ2n) is 12.4. The van der Waals surface area contributed by atoms with Gasteiger partial charge in [-0.05, 0) is 73.1 Å². The van der Waals surface area contributed by atoms with Crippen molar-refractivity contribution in [3.05, 3.63) is 76.4 Å². The van der Waals surface area contributed by atoms with Crippen molar-refractivity contribution < 1.29 is 14.3 Å². The van der Waals surface area contributed by atoms with E-state index in [2.05, 4.69) is 69.6 Å². The largest absolute Gasteiger partial charge is 0.378 e. The molecule has 3 aromatic heterocycles. The van der Waals surface area contributed by atoms with Gasteiger partial charge in [-0.15, -0.1) is 11.3 Å². The second-order valence-corrected chi connectivity index (χ2v) is 13.4. The molecule has 2 aliphatic rings. The lowest BCUT2D eigenvalue weighted by molar-refractivity contribution is -0.117. The molecule has 0 radical (unpaired) electrons. The molecule has 246 valence electrons. The Morgan fingerprint density at radius 1 is 1.04 bits per heavy atom. The molecule has 0 bridgehead atoms. The number of benzene rings is 2. The predicted molar refractivity (Wildman–Crippen MR) is 189 cm³/mol. The number of morpholine rings is 1. The summed E-state index contributed by atoms with van der Waals surface area (Å²) in [4.78, 5) is 48.6. The van der Waals surface area contributed by atoms with E-state index in [1.165, 1.54) is 16.9 Å². The number of hydrogen-bond acceptors (Lipinski definition) is 10. The highest BCUT2D eigenvalue weighted by Gasteiger charge is 2.27. The highest BCUT2D eigenvalue weighted by Crippen LogP contribution is 2.38. The molecule has 3 N–H and O–H groups in total. The molecule has 0 unspecified atom stereocenters. The summed E-state index contributed by atoms with van der Waals surface area (Å²) in [5.74, 6) is 1.40. The molecule has 1 fully saturated rings. The number of amides is 2. The first-order chi connectivity index (χ1) is 23.3. The van der Waals surface area contributed by atoms with Gasteiger partial charge in [-0.2, -0.15) is 0 Å². The van der Waals surface area contributed by atoms with Gasteiger partial charge in [0.15, 0.2) is 11.6 Å². The van der Waals surface area contributed by atoms with E-state index in [9.17, 15) is 9.59 Å². The Balaban J connectivity index is 1.09. The smallest absolute Gasteiger partial charge is 0.261 e. The van der Waals surface area contributed by atoms with Crippen molar-refractivity contribution in [2.75, 3.05) is 48.4 Å². The first-order valence-electron chi connectivity index (χ1n) is 16.3. The Morgan fingerprint density at radius 3 is 2.58 bits per heavy atom. The number of anilines is 3. The van der Waals surface area contributed by atoms with Gasteiger partial charge < -0.3 is 25.6 Å².